The summed E-state index contributed by atoms with van der Waals surface area (Å²) >= 11 is 0. The van der Waals surface area contributed by atoms with E-state index in [2.05, 4.69) is 15.5 Å². The molecule has 1 aliphatic rings. The monoisotopic (exact) mass is 448 g/mol. The Bertz CT molecular complexity index is 1140. The number of benzene rings is 2. The lowest BCUT2D eigenvalue weighted by atomic mass is 10.2. The molecule has 0 bridgehead atoms. The number of nitrogens with one attached hydrogen (secondary N) is 1. The average Bonchev–Trinajstić information content (AvgIpc) is 3.20. The Morgan fingerprint density at radius 3 is 2.58 bits per heavy atom. The molecular formula is C20H21FN4O5S. The molecule has 1 saturated heterocycles. The molecule has 0 spiro atoms. The number of hydrogen-bond donors (Lipinski definition) is 1. The highest BCUT2D eigenvalue weighted by Gasteiger charge is 2.27. The van der Waals surface area contributed by atoms with Crippen molar-refractivity contribution in [1.82, 2.24) is 14.4 Å². The van der Waals surface area contributed by atoms with Crippen molar-refractivity contribution in [1.29, 1.82) is 0 Å². The van der Waals surface area contributed by atoms with Gasteiger partial charge < -0.3 is 19.3 Å². The van der Waals surface area contributed by atoms with Gasteiger partial charge in [0.1, 0.15) is 11.6 Å². The van der Waals surface area contributed by atoms with Crippen molar-refractivity contribution in [2.45, 2.75) is 18.4 Å². The van der Waals surface area contributed by atoms with Gasteiger partial charge in [0.2, 0.25) is 15.9 Å². The molecule has 2 aromatic carbocycles. The van der Waals surface area contributed by atoms with Gasteiger partial charge in [-0.25, -0.2) is 12.8 Å². The van der Waals surface area contributed by atoms with Gasteiger partial charge >= 0.3 is 0 Å². The Morgan fingerprint density at radius 1 is 1.16 bits per heavy atom. The summed E-state index contributed by atoms with van der Waals surface area (Å²) in [5, 5.41) is 6.83. The van der Waals surface area contributed by atoms with Crippen LogP contribution in [-0.2, 0) is 21.3 Å². The SMILES string of the molecule is Cc1noc(CNc2cc(S(=O)(=O)N3CCOCC3)ccc2Oc2ccc(F)cc2)n1. The number of hydrogen-bond acceptors (Lipinski definition) is 8. The summed E-state index contributed by atoms with van der Waals surface area (Å²) in [7, 11) is -3.70. The van der Waals surface area contributed by atoms with Gasteiger partial charge in [-0.1, -0.05) is 5.16 Å². The molecule has 4 rings (SSSR count). The van der Waals surface area contributed by atoms with Crippen LogP contribution in [0.25, 0.3) is 0 Å². The van der Waals surface area contributed by atoms with Gasteiger partial charge in [-0.2, -0.15) is 9.29 Å². The Kier molecular flexibility index (Phi) is 6.16. The van der Waals surface area contributed by atoms with Gasteiger partial charge in [0.25, 0.3) is 0 Å². The van der Waals surface area contributed by atoms with Crippen molar-refractivity contribution in [3.05, 3.63) is 60.0 Å². The van der Waals surface area contributed by atoms with Gasteiger partial charge in [-0.15, -0.1) is 0 Å². The Labute approximate surface area is 178 Å². The second kappa shape index (κ2) is 9.00. The summed E-state index contributed by atoms with van der Waals surface area (Å²) < 4.78 is 56.9. The molecule has 0 unspecified atom stereocenters. The molecule has 2 heterocycles. The minimum absolute atomic E-state index is 0.116. The number of sulfonamides is 1. The van der Waals surface area contributed by atoms with Crippen LogP contribution in [0.5, 0.6) is 11.5 Å². The Balaban J connectivity index is 1.63. The van der Waals surface area contributed by atoms with Crippen LogP contribution in [0.4, 0.5) is 10.1 Å². The third-order valence-corrected chi connectivity index (χ3v) is 6.49. The third-order valence-electron chi connectivity index (χ3n) is 4.60. The summed E-state index contributed by atoms with van der Waals surface area (Å²) in [6.07, 6.45) is 0. The molecule has 0 saturated carbocycles. The lowest BCUT2D eigenvalue weighted by molar-refractivity contribution is 0.0730. The Hall–Kier alpha value is -3.02. The number of anilines is 1. The quantitative estimate of drug-likeness (QED) is 0.588. The molecule has 1 fully saturated rings. The molecule has 31 heavy (non-hydrogen) atoms. The van der Waals surface area contributed by atoms with Crippen molar-refractivity contribution in [2.75, 3.05) is 31.6 Å². The second-order valence-corrected chi connectivity index (χ2v) is 8.76. The molecular weight excluding hydrogens is 427 g/mol. The summed E-state index contributed by atoms with van der Waals surface area (Å²) in [5.41, 5.74) is 0.412. The predicted octanol–water partition coefficient (Wildman–Crippen LogP) is 2.94. The van der Waals surface area contributed by atoms with E-state index in [4.69, 9.17) is 14.0 Å². The van der Waals surface area contributed by atoms with Crippen molar-refractivity contribution >= 4 is 15.7 Å². The first-order valence-electron chi connectivity index (χ1n) is 9.60. The minimum atomic E-state index is -3.70. The van der Waals surface area contributed by atoms with E-state index in [9.17, 15) is 12.8 Å². The van der Waals surface area contributed by atoms with Gasteiger partial charge in [0.15, 0.2) is 11.6 Å². The summed E-state index contributed by atoms with van der Waals surface area (Å²) in [5.74, 6) is 1.21. The summed E-state index contributed by atoms with van der Waals surface area (Å²) in [6.45, 7) is 3.16. The highest BCUT2D eigenvalue weighted by Crippen LogP contribution is 2.33. The first kappa shape index (κ1) is 21.2. The number of rotatable bonds is 7. The highest BCUT2D eigenvalue weighted by molar-refractivity contribution is 7.89. The maximum atomic E-state index is 13.2. The van der Waals surface area contributed by atoms with Crippen molar-refractivity contribution < 1.29 is 26.8 Å². The van der Waals surface area contributed by atoms with E-state index >= 15 is 0 Å². The zero-order valence-electron chi connectivity index (χ0n) is 16.7. The smallest absolute Gasteiger partial charge is 0.245 e. The van der Waals surface area contributed by atoms with E-state index < -0.39 is 10.0 Å². The minimum Gasteiger partial charge on any atom is -0.455 e. The summed E-state index contributed by atoms with van der Waals surface area (Å²) in [4.78, 5) is 4.25. The third kappa shape index (κ3) is 5.01. The van der Waals surface area contributed by atoms with Crippen molar-refractivity contribution in [3.8, 4) is 11.5 Å². The van der Waals surface area contributed by atoms with Crippen LogP contribution in [0.1, 0.15) is 11.7 Å². The lowest BCUT2D eigenvalue weighted by Crippen LogP contribution is -2.40. The van der Waals surface area contributed by atoms with Crippen molar-refractivity contribution in [2.24, 2.45) is 0 Å². The van der Waals surface area contributed by atoms with E-state index in [1.54, 1.807) is 13.0 Å². The van der Waals surface area contributed by atoms with Crippen LogP contribution in [0.3, 0.4) is 0 Å². The fraction of sp³-hybridized carbons (Fsp3) is 0.300. The maximum absolute atomic E-state index is 13.2. The average molecular weight is 448 g/mol. The summed E-state index contributed by atoms with van der Waals surface area (Å²) in [6, 6.07) is 10.1. The molecule has 1 N–H and O–H groups in total. The van der Waals surface area contributed by atoms with Crippen LogP contribution in [-0.4, -0.2) is 49.2 Å². The number of ether oxygens (including phenoxy) is 2. The molecule has 0 amide bonds. The second-order valence-electron chi connectivity index (χ2n) is 6.82. The lowest BCUT2D eigenvalue weighted by Gasteiger charge is -2.26. The van der Waals surface area contributed by atoms with Gasteiger partial charge in [0, 0.05) is 13.1 Å². The zero-order chi connectivity index (χ0) is 21.8. The number of nitrogens with zero attached hydrogens (tertiary/aromatic N) is 3. The van der Waals surface area contributed by atoms with E-state index in [0.29, 0.717) is 55.2 Å². The molecule has 0 aliphatic carbocycles. The van der Waals surface area contributed by atoms with E-state index in [1.165, 1.54) is 40.7 Å². The molecule has 164 valence electrons. The first-order valence-corrected chi connectivity index (χ1v) is 11.0. The zero-order valence-corrected chi connectivity index (χ0v) is 17.6. The van der Waals surface area contributed by atoms with E-state index in [0.717, 1.165) is 0 Å². The molecule has 3 aromatic rings. The van der Waals surface area contributed by atoms with Crippen molar-refractivity contribution in [3.63, 3.8) is 0 Å². The Morgan fingerprint density at radius 2 is 1.90 bits per heavy atom. The fourth-order valence-electron chi connectivity index (χ4n) is 3.05. The van der Waals surface area contributed by atoms with Crippen LogP contribution in [0.15, 0.2) is 51.9 Å². The molecule has 1 aromatic heterocycles. The van der Waals surface area contributed by atoms with E-state index in [1.807, 2.05) is 0 Å². The number of halogens is 1. The normalized spacial score (nSPS) is 15.0. The largest absolute Gasteiger partial charge is 0.455 e. The number of morpholine rings is 1. The van der Waals surface area contributed by atoms with Crippen LogP contribution < -0.4 is 10.1 Å². The van der Waals surface area contributed by atoms with Crippen LogP contribution in [0, 0.1) is 12.7 Å². The van der Waals surface area contributed by atoms with Gasteiger partial charge in [-0.3, -0.25) is 0 Å². The van der Waals surface area contributed by atoms with E-state index in [-0.39, 0.29) is 17.3 Å². The topological polar surface area (TPSA) is 107 Å². The van der Waals surface area contributed by atoms with Gasteiger partial charge in [0.05, 0.1) is 30.3 Å². The molecule has 0 radical (unpaired) electrons. The van der Waals surface area contributed by atoms with Crippen LogP contribution in [0.2, 0.25) is 0 Å². The van der Waals surface area contributed by atoms with Gasteiger partial charge in [-0.05, 0) is 49.4 Å². The molecule has 11 heteroatoms. The molecule has 9 nitrogen and oxygen atoms in total. The highest BCUT2D eigenvalue weighted by atomic mass is 32.2. The number of aromatic nitrogens is 2. The first-order chi connectivity index (χ1) is 14.9. The fourth-order valence-corrected chi connectivity index (χ4v) is 4.48. The van der Waals surface area contributed by atoms with Crippen LogP contribution >= 0.6 is 0 Å². The molecule has 0 atom stereocenters. The molecule has 1 aliphatic heterocycles. The standard InChI is InChI=1S/C20H21FN4O5S/c1-14-23-20(30-24-14)13-22-18-12-17(31(26,27)25-8-10-28-11-9-25)6-7-19(18)29-16-4-2-15(21)3-5-16/h2-7,12,22H,8-11,13H2,1H3. The number of aryl methyl sites for hydroxylation is 1. The predicted molar refractivity (Wildman–Crippen MR) is 109 cm³/mol. The maximum Gasteiger partial charge on any atom is 0.245 e.